The van der Waals surface area contributed by atoms with Crippen LogP contribution < -0.4 is 5.32 Å². The van der Waals surface area contributed by atoms with Crippen LogP contribution in [-0.4, -0.2) is 20.7 Å². The molecule has 0 aliphatic rings. The van der Waals surface area contributed by atoms with E-state index in [1.54, 1.807) is 22.9 Å². The molecule has 1 N–H and O–H groups in total. The predicted molar refractivity (Wildman–Crippen MR) is 87.4 cm³/mol. The van der Waals surface area contributed by atoms with Gasteiger partial charge in [-0.05, 0) is 31.2 Å². The highest BCUT2D eigenvalue weighted by atomic mass is 19.3. The second-order valence-corrected chi connectivity index (χ2v) is 5.18. The van der Waals surface area contributed by atoms with Crippen LogP contribution in [0.2, 0.25) is 0 Å². The number of aromatic nitrogens is 3. The van der Waals surface area contributed by atoms with Crippen molar-refractivity contribution in [2.24, 2.45) is 0 Å². The van der Waals surface area contributed by atoms with Crippen LogP contribution in [0.25, 0.3) is 16.7 Å². The Morgan fingerprint density at radius 1 is 1.33 bits per heavy atom. The number of anilines is 1. The maximum Gasteiger partial charge on any atom is 0.263 e. The lowest BCUT2D eigenvalue weighted by Crippen LogP contribution is -2.07. The molecule has 0 aliphatic carbocycles. The number of hydrogen-bond donors (Lipinski definition) is 1. The van der Waals surface area contributed by atoms with Crippen LogP contribution in [-0.2, 0) is 4.79 Å². The Hall–Kier alpha value is -3.09. The van der Waals surface area contributed by atoms with Crippen molar-refractivity contribution in [1.29, 1.82) is 0 Å². The number of rotatable bonds is 4. The van der Waals surface area contributed by atoms with Crippen molar-refractivity contribution in [2.75, 3.05) is 5.32 Å². The topological polar surface area (TPSA) is 59.8 Å². The zero-order valence-corrected chi connectivity index (χ0v) is 12.8. The average molecular weight is 328 g/mol. The second kappa shape index (κ2) is 6.19. The van der Waals surface area contributed by atoms with Crippen molar-refractivity contribution in [3.05, 3.63) is 60.4 Å². The lowest BCUT2D eigenvalue weighted by atomic mass is 10.2. The third-order valence-corrected chi connectivity index (χ3v) is 3.55. The minimum Gasteiger partial charge on any atom is -0.321 e. The van der Waals surface area contributed by atoms with Crippen LogP contribution in [0.1, 0.15) is 17.7 Å². The number of carbonyl (C=O) groups is 1. The van der Waals surface area contributed by atoms with Gasteiger partial charge in [0, 0.05) is 10.9 Å². The Labute approximate surface area is 136 Å². The minimum absolute atomic E-state index is 0.0469. The zero-order chi connectivity index (χ0) is 17.3. The van der Waals surface area contributed by atoms with Gasteiger partial charge >= 0.3 is 0 Å². The molecule has 3 aromatic rings. The molecule has 3 rings (SSSR count). The van der Waals surface area contributed by atoms with Crippen LogP contribution in [0.5, 0.6) is 0 Å². The summed E-state index contributed by atoms with van der Waals surface area (Å²) in [6, 6.07) is 7.63. The predicted octanol–water partition coefficient (Wildman–Crippen LogP) is 3.79. The SMILES string of the molecule is C=CC(=O)Nc1cnc2c(c1)c(C)nn2-c1ccc(C(F)F)cc1. The van der Waals surface area contributed by atoms with Crippen LogP contribution in [0, 0.1) is 6.92 Å². The number of nitrogens with zero attached hydrogens (tertiary/aromatic N) is 3. The summed E-state index contributed by atoms with van der Waals surface area (Å²) in [4.78, 5) is 15.7. The Morgan fingerprint density at radius 3 is 2.67 bits per heavy atom. The maximum absolute atomic E-state index is 12.7. The quantitative estimate of drug-likeness (QED) is 0.741. The number of fused-ring (bicyclic) bond motifs is 1. The van der Waals surface area contributed by atoms with Gasteiger partial charge in [0.2, 0.25) is 5.91 Å². The van der Waals surface area contributed by atoms with E-state index in [9.17, 15) is 13.6 Å². The van der Waals surface area contributed by atoms with Gasteiger partial charge in [-0.25, -0.2) is 18.4 Å². The monoisotopic (exact) mass is 328 g/mol. The summed E-state index contributed by atoms with van der Waals surface area (Å²) in [6.45, 7) is 5.21. The highest BCUT2D eigenvalue weighted by molar-refractivity contribution is 6.00. The van der Waals surface area contributed by atoms with Gasteiger partial charge in [0.05, 0.1) is 23.3 Å². The lowest BCUT2D eigenvalue weighted by molar-refractivity contribution is -0.111. The number of pyridine rings is 1. The van der Waals surface area contributed by atoms with Crippen molar-refractivity contribution in [3.8, 4) is 5.69 Å². The number of alkyl halides is 2. The largest absolute Gasteiger partial charge is 0.321 e. The molecule has 24 heavy (non-hydrogen) atoms. The summed E-state index contributed by atoms with van der Waals surface area (Å²) >= 11 is 0. The molecule has 0 radical (unpaired) electrons. The number of amides is 1. The molecule has 1 amide bonds. The number of nitrogens with one attached hydrogen (secondary N) is 1. The summed E-state index contributed by atoms with van der Waals surface area (Å²) in [5.74, 6) is -0.330. The van der Waals surface area contributed by atoms with Crippen molar-refractivity contribution < 1.29 is 13.6 Å². The highest BCUT2D eigenvalue weighted by Gasteiger charge is 2.13. The van der Waals surface area contributed by atoms with E-state index in [4.69, 9.17) is 0 Å². The molecule has 0 saturated heterocycles. The molecule has 2 heterocycles. The first-order chi connectivity index (χ1) is 11.5. The van der Waals surface area contributed by atoms with Gasteiger partial charge in [-0.15, -0.1) is 0 Å². The Morgan fingerprint density at radius 2 is 2.04 bits per heavy atom. The molecular formula is C17H14F2N4O. The van der Waals surface area contributed by atoms with Gasteiger partial charge < -0.3 is 5.32 Å². The van der Waals surface area contributed by atoms with E-state index >= 15 is 0 Å². The van der Waals surface area contributed by atoms with Crippen LogP contribution in [0.15, 0.2) is 49.2 Å². The van der Waals surface area contributed by atoms with Crippen molar-refractivity contribution >= 4 is 22.6 Å². The van der Waals surface area contributed by atoms with Gasteiger partial charge in [-0.1, -0.05) is 18.7 Å². The van der Waals surface area contributed by atoms with Crippen LogP contribution >= 0.6 is 0 Å². The molecule has 0 saturated carbocycles. The second-order valence-electron chi connectivity index (χ2n) is 5.18. The third-order valence-electron chi connectivity index (χ3n) is 3.55. The fourth-order valence-electron chi connectivity index (χ4n) is 2.35. The fraction of sp³-hybridized carbons (Fsp3) is 0.118. The molecule has 1 aromatic carbocycles. The van der Waals surface area contributed by atoms with Crippen molar-refractivity contribution in [1.82, 2.24) is 14.8 Å². The molecule has 0 bridgehead atoms. The van der Waals surface area contributed by atoms with E-state index in [1.165, 1.54) is 24.4 Å². The summed E-state index contributed by atoms with van der Waals surface area (Å²) in [6.07, 6.45) is 0.171. The van der Waals surface area contributed by atoms with Gasteiger partial charge in [0.15, 0.2) is 5.65 Å². The molecule has 2 aromatic heterocycles. The highest BCUT2D eigenvalue weighted by Crippen LogP contribution is 2.25. The molecule has 0 fully saturated rings. The first-order valence-electron chi connectivity index (χ1n) is 7.17. The summed E-state index contributed by atoms with van der Waals surface area (Å²) < 4.78 is 26.9. The lowest BCUT2D eigenvalue weighted by Gasteiger charge is -2.05. The third kappa shape index (κ3) is 2.88. The molecular weight excluding hydrogens is 314 g/mol. The normalized spacial score (nSPS) is 11.0. The molecule has 0 atom stereocenters. The Kier molecular flexibility index (Phi) is 4.07. The molecule has 5 nitrogen and oxygen atoms in total. The van der Waals surface area contributed by atoms with Crippen molar-refractivity contribution in [2.45, 2.75) is 13.3 Å². The van der Waals surface area contributed by atoms with E-state index in [2.05, 4.69) is 22.0 Å². The number of carbonyl (C=O) groups excluding carboxylic acids is 1. The first-order valence-corrected chi connectivity index (χ1v) is 7.17. The van der Waals surface area contributed by atoms with Gasteiger partial charge in [0.1, 0.15) is 0 Å². The van der Waals surface area contributed by atoms with Gasteiger partial charge in [-0.3, -0.25) is 4.79 Å². The smallest absolute Gasteiger partial charge is 0.263 e. The standard InChI is InChI=1S/C17H14F2N4O/c1-3-15(24)21-12-8-14-10(2)22-23(17(14)20-9-12)13-6-4-11(5-7-13)16(18)19/h3-9,16H,1H2,2H3,(H,21,24). The summed E-state index contributed by atoms with van der Waals surface area (Å²) in [5.41, 5.74) is 2.41. The molecule has 0 aliphatic heterocycles. The molecule has 0 unspecified atom stereocenters. The molecule has 122 valence electrons. The van der Waals surface area contributed by atoms with Crippen molar-refractivity contribution in [3.63, 3.8) is 0 Å². The minimum atomic E-state index is -2.51. The number of halogens is 2. The first kappa shape index (κ1) is 15.8. The summed E-state index contributed by atoms with van der Waals surface area (Å²) in [5, 5.41) is 7.81. The molecule has 0 spiro atoms. The number of hydrogen-bond acceptors (Lipinski definition) is 3. The Balaban J connectivity index is 2.03. The number of benzene rings is 1. The average Bonchev–Trinajstić information content (AvgIpc) is 2.91. The van der Waals surface area contributed by atoms with Crippen LogP contribution in [0.3, 0.4) is 0 Å². The van der Waals surface area contributed by atoms with E-state index in [0.29, 0.717) is 22.7 Å². The number of aryl methyl sites for hydroxylation is 1. The van der Waals surface area contributed by atoms with Gasteiger partial charge in [-0.2, -0.15) is 5.10 Å². The van der Waals surface area contributed by atoms with E-state index in [-0.39, 0.29) is 11.5 Å². The fourth-order valence-corrected chi connectivity index (χ4v) is 2.35. The van der Waals surface area contributed by atoms with E-state index in [1.807, 2.05) is 6.92 Å². The maximum atomic E-state index is 12.7. The zero-order valence-electron chi connectivity index (χ0n) is 12.8. The van der Waals surface area contributed by atoms with Crippen LogP contribution in [0.4, 0.5) is 14.5 Å². The van der Waals surface area contributed by atoms with E-state index in [0.717, 1.165) is 5.39 Å². The van der Waals surface area contributed by atoms with E-state index < -0.39 is 6.43 Å². The summed E-state index contributed by atoms with van der Waals surface area (Å²) in [7, 11) is 0. The van der Waals surface area contributed by atoms with Gasteiger partial charge in [0.25, 0.3) is 6.43 Å². The molecule has 7 heteroatoms. The Bertz CT molecular complexity index is 916.